The Labute approximate surface area is 197 Å². The molecule has 0 atom stereocenters. The molecule has 0 radical (unpaired) electrons. The summed E-state index contributed by atoms with van der Waals surface area (Å²) in [5, 5.41) is 6.17. The smallest absolute Gasteiger partial charge is 0.252 e. The van der Waals surface area contributed by atoms with Crippen molar-refractivity contribution in [2.45, 2.75) is 13.5 Å². The minimum atomic E-state index is -0.609. The van der Waals surface area contributed by atoms with Gasteiger partial charge in [-0.25, -0.2) is 4.98 Å². The van der Waals surface area contributed by atoms with Gasteiger partial charge in [-0.2, -0.15) is 0 Å². The Morgan fingerprint density at radius 1 is 0.853 bits per heavy atom. The van der Waals surface area contributed by atoms with Crippen LogP contribution in [0.1, 0.15) is 31.8 Å². The van der Waals surface area contributed by atoms with Crippen LogP contribution in [0.4, 0.5) is 0 Å². The van der Waals surface area contributed by atoms with Gasteiger partial charge in [0.05, 0.1) is 23.3 Å². The summed E-state index contributed by atoms with van der Waals surface area (Å²) in [6.45, 7) is 2.09. The zero-order chi connectivity index (χ0) is 24.1. The fourth-order valence-corrected chi connectivity index (χ4v) is 3.56. The van der Waals surface area contributed by atoms with Gasteiger partial charge in [0.25, 0.3) is 11.8 Å². The summed E-state index contributed by atoms with van der Waals surface area (Å²) in [7, 11) is 0. The molecule has 3 amide bonds. The number of aromatic nitrogens is 1. The molecule has 0 fully saturated rings. The van der Waals surface area contributed by atoms with Gasteiger partial charge in [-0.05, 0) is 36.8 Å². The summed E-state index contributed by atoms with van der Waals surface area (Å²) in [5.41, 5.74) is 10.4. The molecule has 0 bridgehead atoms. The molecule has 4 rings (SSSR count). The average Bonchev–Trinajstić information content (AvgIpc) is 2.86. The lowest BCUT2D eigenvalue weighted by molar-refractivity contribution is -0.117. The highest BCUT2D eigenvalue weighted by molar-refractivity contribution is 6.07. The summed E-state index contributed by atoms with van der Waals surface area (Å²) >= 11 is 0. The first-order valence-electron chi connectivity index (χ1n) is 10.8. The number of carbonyl (C=O) groups excluding carboxylic acids is 3. The van der Waals surface area contributed by atoms with E-state index in [1.54, 1.807) is 24.3 Å². The number of hydrogen-bond donors (Lipinski definition) is 3. The molecule has 0 aliphatic heterocycles. The second kappa shape index (κ2) is 9.95. The third-order valence-electron chi connectivity index (χ3n) is 5.40. The molecule has 4 N–H and O–H groups in total. The minimum absolute atomic E-state index is 0.213. The number of hydrogen-bond acceptors (Lipinski definition) is 4. The number of rotatable bonds is 7. The third kappa shape index (κ3) is 5.27. The van der Waals surface area contributed by atoms with E-state index in [4.69, 9.17) is 10.7 Å². The van der Waals surface area contributed by atoms with Crippen molar-refractivity contribution in [1.29, 1.82) is 0 Å². The minimum Gasteiger partial charge on any atom is -0.368 e. The van der Waals surface area contributed by atoms with Crippen LogP contribution in [0.15, 0.2) is 78.9 Å². The predicted octanol–water partition coefficient (Wildman–Crippen LogP) is 3.36. The maximum absolute atomic E-state index is 13.1. The normalized spacial score (nSPS) is 10.6. The Hall–Kier alpha value is -4.52. The van der Waals surface area contributed by atoms with Gasteiger partial charge in [0.2, 0.25) is 5.91 Å². The fraction of sp³-hybridized carbons (Fsp3) is 0.111. The van der Waals surface area contributed by atoms with Crippen LogP contribution >= 0.6 is 0 Å². The molecule has 4 aromatic rings. The number of amides is 3. The van der Waals surface area contributed by atoms with Crippen LogP contribution in [0.5, 0.6) is 0 Å². The number of pyridine rings is 1. The highest BCUT2D eigenvalue weighted by atomic mass is 16.2. The summed E-state index contributed by atoms with van der Waals surface area (Å²) in [5.74, 6) is -1.21. The zero-order valence-electron chi connectivity index (χ0n) is 18.7. The average molecular weight is 453 g/mol. The summed E-state index contributed by atoms with van der Waals surface area (Å²) < 4.78 is 0. The number of fused-ring (bicyclic) bond motifs is 1. The van der Waals surface area contributed by atoms with Gasteiger partial charge in [-0.3, -0.25) is 14.4 Å². The van der Waals surface area contributed by atoms with Gasteiger partial charge in [-0.1, -0.05) is 60.2 Å². The Balaban J connectivity index is 1.52. The molecule has 0 saturated carbocycles. The van der Waals surface area contributed by atoms with E-state index in [0.717, 1.165) is 33.3 Å². The number of primary amides is 1. The first-order chi connectivity index (χ1) is 16.4. The number of nitrogens with zero attached hydrogens (tertiary/aromatic N) is 1. The van der Waals surface area contributed by atoms with E-state index in [2.05, 4.69) is 10.6 Å². The molecule has 7 heteroatoms. The number of aryl methyl sites for hydroxylation is 1. The maximum atomic E-state index is 13.1. The van der Waals surface area contributed by atoms with E-state index in [0.29, 0.717) is 17.7 Å². The van der Waals surface area contributed by atoms with Crippen molar-refractivity contribution in [2.75, 3.05) is 6.54 Å². The lowest BCUT2D eigenvalue weighted by atomic mass is 10.0. The molecule has 0 aliphatic rings. The highest BCUT2D eigenvalue weighted by Gasteiger charge is 2.14. The molecule has 0 spiro atoms. The molecular formula is C27H24N4O3. The molecular weight excluding hydrogens is 428 g/mol. The van der Waals surface area contributed by atoms with Crippen LogP contribution in [0.25, 0.3) is 22.2 Å². The van der Waals surface area contributed by atoms with Gasteiger partial charge in [0, 0.05) is 23.1 Å². The van der Waals surface area contributed by atoms with Crippen LogP contribution < -0.4 is 16.4 Å². The molecule has 7 nitrogen and oxygen atoms in total. The van der Waals surface area contributed by atoms with Crippen LogP contribution in [-0.2, 0) is 11.3 Å². The topological polar surface area (TPSA) is 114 Å². The van der Waals surface area contributed by atoms with E-state index in [1.165, 1.54) is 0 Å². The fourth-order valence-electron chi connectivity index (χ4n) is 3.56. The number of para-hydroxylation sites is 1. The summed E-state index contributed by atoms with van der Waals surface area (Å²) in [4.78, 5) is 40.7. The lowest BCUT2D eigenvalue weighted by Crippen LogP contribution is -2.33. The van der Waals surface area contributed by atoms with Crippen molar-refractivity contribution in [3.05, 3.63) is 101 Å². The molecule has 170 valence electrons. The van der Waals surface area contributed by atoms with Gasteiger partial charge in [0.1, 0.15) is 0 Å². The standard InChI is InChI=1S/C27H24N4O3/c1-17-6-10-19(11-7-17)24-14-22(21-4-2-3-5-23(21)31-24)27(34)29-15-18-8-12-20(13-9-18)26(33)30-16-25(28)32/h2-14H,15-16H2,1H3,(H2,28,32)(H,29,34)(H,30,33). The van der Waals surface area contributed by atoms with E-state index in [1.807, 2.05) is 61.5 Å². The van der Waals surface area contributed by atoms with Crippen molar-refractivity contribution in [2.24, 2.45) is 5.73 Å². The second-order valence-electron chi connectivity index (χ2n) is 7.97. The number of nitrogens with one attached hydrogen (secondary N) is 2. The second-order valence-corrected chi connectivity index (χ2v) is 7.97. The largest absolute Gasteiger partial charge is 0.368 e. The van der Waals surface area contributed by atoms with Crippen molar-refractivity contribution in [3.63, 3.8) is 0 Å². The lowest BCUT2D eigenvalue weighted by Gasteiger charge is -2.11. The van der Waals surface area contributed by atoms with Gasteiger partial charge >= 0.3 is 0 Å². The van der Waals surface area contributed by atoms with Crippen LogP contribution in [0.3, 0.4) is 0 Å². The Morgan fingerprint density at radius 3 is 2.26 bits per heavy atom. The molecule has 1 heterocycles. The van der Waals surface area contributed by atoms with E-state index >= 15 is 0 Å². The predicted molar refractivity (Wildman–Crippen MR) is 131 cm³/mol. The first kappa shape index (κ1) is 22.7. The maximum Gasteiger partial charge on any atom is 0.252 e. The van der Waals surface area contributed by atoms with E-state index < -0.39 is 5.91 Å². The molecule has 1 aromatic heterocycles. The summed E-state index contributed by atoms with van der Waals surface area (Å²) in [6.07, 6.45) is 0. The molecule has 34 heavy (non-hydrogen) atoms. The molecule has 3 aromatic carbocycles. The van der Waals surface area contributed by atoms with E-state index in [-0.39, 0.29) is 18.4 Å². The van der Waals surface area contributed by atoms with Gasteiger partial charge in [-0.15, -0.1) is 0 Å². The third-order valence-corrected chi connectivity index (χ3v) is 5.40. The molecule has 0 saturated heterocycles. The first-order valence-corrected chi connectivity index (χ1v) is 10.8. The number of nitrogens with two attached hydrogens (primary N) is 1. The van der Waals surface area contributed by atoms with Crippen molar-refractivity contribution in [3.8, 4) is 11.3 Å². The van der Waals surface area contributed by atoms with Gasteiger partial charge in [0.15, 0.2) is 0 Å². The van der Waals surface area contributed by atoms with E-state index in [9.17, 15) is 14.4 Å². The zero-order valence-corrected chi connectivity index (χ0v) is 18.7. The van der Waals surface area contributed by atoms with Gasteiger partial charge < -0.3 is 16.4 Å². The summed E-state index contributed by atoms with van der Waals surface area (Å²) in [6, 6.07) is 24.2. The Morgan fingerprint density at radius 2 is 1.56 bits per heavy atom. The Bertz CT molecular complexity index is 1360. The Kier molecular flexibility index (Phi) is 6.64. The van der Waals surface area contributed by atoms with Crippen molar-refractivity contribution >= 4 is 28.6 Å². The number of benzene rings is 3. The quantitative estimate of drug-likeness (QED) is 0.399. The highest BCUT2D eigenvalue weighted by Crippen LogP contribution is 2.25. The molecule has 0 unspecified atom stereocenters. The number of carbonyl (C=O) groups is 3. The molecule has 0 aliphatic carbocycles. The van der Waals surface area contributed by atoms with Crippen LogP contribution in [-0.4, -0.2) is 29.3 Å². The van der Waals surface area contributed by atoms with Crippen molar-refractivity contribution < 1.29 is 14.4 Å². The SMILES string of the molecule is Cc1ccc(-c2cc(C(=O)NCc3ccc(C(=O)NCC(N)=O)cc3)c3ccccc3n2)cc1. The van der Waals surface area contributed by atoms with Crippen molar-refractivity contribution in [1.82, 2.24) is 15.6 Å². The monoisotopic (exact) mass is 452 g/mol. The van der Waals surface area contributed by atoms with Crippen LogP contribution in [0.2, 0.25) is 0 Å². The van der Waals surface area contributed by atoms with Crippen LogP contribution in [0, 0.1) is 6.92 Å².